The van der Waals surface area contributed by atoms with Gasteiger partial charge in [0.1, 0.15) is 5.75 Å². The number of rotatable bonds is 4. The fourth-order valence-electron chi connectivity index (χ4n) is 2.60. The second-order valence-electron chi connectivity index (χ2n) is 4.68. The van der Waals surface area contributed by atoms with E-state index in [1.165, 1.54) is 11.1 Å². The molecular weight excluding hydrogens is 214 g/mol. The SMILES string of the molecule is COc1ccc2c(c1)CCN(C)C2CCCO. The molecule has 1 atom stereocenters. The molecule has 2 rings (SSSR count). The third-order valence-electron chi connectivity index (χ3n) is 3.61. The van der Waals surface area contributed by atoms with E-state index in [1.54, 1.807) is 7.11 Å². The van der Waals surface area contributed by atoms with Crippen LogP contribution in [0.5, 0.6) is 5.75 Å². The number of nitrogens with zero attached hydrogens (tertiary/aromatic N) is 1. The number of aliphatic hydroxyl groups is 1. The average Bonchev–Trinajstić information content (AvgIpc) is 2.37. The smallest absolute Gasteiger partial charge is 0.119 e. The van der Waals surface area contributed by atoms with Crippen LogP contribution in [0.25, 0.3) is 0 Å². The van der Waals surface area contributed by atoms with Crippen molar-refractivity contribution in [1.29, 1.82) is 0 Å². The van der Waals surface area contributed by atoms with Crippen molar-refractivity contribution in [2.24, 2.45) is 0 Å². The number of hydrogen-bond donors (Lipinski definition) is 1. The normalized spacial score (nSPS) is 20.1. The van der Waals surface area contributed by atoms with Crippen molar-refractivity contribution >= 4 is 0 Å². The lowest BCUT2D eigenvalue weighted by Crippen LogP contribution is -2.32. The predicted molar refractivity (Wildman–Crippen MR) is 68.4 cm³/mol. The van der Waals surface area contributed by atoms with E-state index >= 15 is 0 Å². The summed E-state index contributed by atoms with van der Waals surface area (Å²) in [5, 5.41) is 8.97. The van der Waals surface area contributed by atoms with Crippen LogP contribution in [0.15, 0.2) is 18.2 Å². The molecule has 94 valence electrons. The summed E-state index contributed by atoms with van der Waals surface area (Å²) in [7, 11) is 3.87. The zero-order chi connectivity index (χ0) is 12.3. The van der Waals surface area contributed by atoms with Gasteiger partial charge in [-0.15, -0.1) is 0 Å². The summed E-state index contributed by atoms with van der Waals surface area (Å²) in [4.78, 5) is 2.38. The first-order chi connectivity index (χ1) is 8.26. The molecule has 3 heteroatoms. The van der Waals surface area contributed by atoms with Crippen molar-refractivity contribution in [2.75, 3.05) is 27.3 Å². The van der Waals surface area contributed by atoms with E-state index in [4.69, 9.17) is 9.84 Å². The number of aliphatic hydroxyl groups excluding tert-OH is 1. The summed E-state index contributed by atoms with van der Waals surface area (Å²) in [5.74, 6) is 0.939. The third kappa shape index (κ3) is 2.61. The summed E-state index contributed by atoms with van der Waals surface area (Å²) < 4.78 is 5.27. The maximum absolute atomic E-state index is 8.97. The Hall–Kier alpha value is -1.06. The lowest BCUT2D eigenvalue weighted by atomic mass is 9.90. The Balaban J connectivity index is 2.24. The average molecular weight is 235 g/mol. The van der Waals surface area contributed by atoms with Crippen LogP contribution in [0.3, 0.4) is 0 Å². The topological polar surface area (TPSA) is 32.7 Å². The molecule has 1 heterocycles. The molecule has 1 aliphatic rings. The van der Waals surface area contributed by atoms with Crippen LogP contribution in [0.1, 0.15) is 30.0 Å². The maximum atomic E-state index is 8.97. The molecule has 0 bridgehead atoms. The van der Waals surface area contributed by atoms with Crippen molar-refractivity contribution in [3.8, 4) is 5.75 Å². The number of benzene rings is 1. The summed E-state index contributed by atoms with van der Waals surface area (Å²) >= 11 is 0. The van der Waals surface area contributed by atoms with Crippen molar-refractivity contribution in [3.05, 3.63) is 29.3 Å². The van der Waals surface area contributed by atoms with Crippen molar-refractivity contribution < 1.29 is 9.84 Å². The number of likely N-dealkylation sites (N-methyl/N-ethyl adjacent to an activating group) is 1. The fraction of sp³-hybridized carbons (Fsp3) is 0.571. The van der Waals surface area contributed by atoms with Gasteiger partial charge < -0.3 is 9.84 Å². The van der Waals surface area contributed by atoms with Gasteiger partial charge in [-0.05, 0) is 49.6 Å². The van der Waals surface area contributed by atoms with Gasteiger partial charge in [0.05, 0.1) is 7.11 Å². The molecule has 0 fully saturated rings. The van der Waals surface area contributed by atoms with Gasteiger partial charge in [0.2, 0.25) is 0 Å². The van der Waals surface area contributed by atoms with Gasteiger partial charge >= 0.3 is 0 Å². The molecule has 0 saturated carbocycles. The quantitative estimate of drug-likeness (QED) is 0.866. The monoisotopic (exact) mass is 235 g/mol. The Labute approximate surface area is 103 Å². The van der Waals surface area contributed by atoms with E-state index in [1.807, 2.05) is 6.07 Å². The van der Waals surface area contributed by atoms with Crippen molar-refractivity contribution in [2.45, 2.75) is 25.3 Å². The van der Waals surface area contributed by atoms with Gasteiger partial charge in [-0.2, -0.15) is 0 Å². The Bertz CT molecular complexity index is 378. The molecule has 1 unspecified atom stereocenters. The first-order valence-corrected chi connectivity index (χ1v) is 6.24. The summed E-state index contributed by atoms with van der Waals surface area (Å²) in [5.41, 5.74) is 2.79. The lowest BCUT2D eigenvalue weighted by Gasteiger charge is -2.34. The van der Waals surface area contributed by atoms with Crippen LogP contribution >= 0.6 is 0 Å². The first-order valence-electron chi connectivity index (χ1n) is 6.24. The van der Waals surface area contributed by atoms with E-state index < -0.39 is 0 Å². The van der Waals surface area contributed by atoms with Crippen molar-refractivity contribution in [3.63, 3.8) is 0 Å². The zero-order valence-electron chi connectivity index (χ0n) is 10.6. The van der Waals surface area contributed by atoms with Crippen LogP contribution in [-0.4, -0.2) is 37.3 Å². The van der Waals surface area contributed by atoms with E-state index in [2.05, 4.69) is 24.1 Å². The fourth-order valence-corrected chi connectivity index (χ4v) is 2.60. The summed E-state index contributed by atoms with van der Waals surface area (Å²) in [6.07, 6.45) is 2.96. The van der Waals surface area contributed by atoms with Gasteiger partial charge in [0, 0.05) is 19.2 Å². The summed E-state index contributed by atoms with van der Waals surface area (Å²) in [6, 6.07) is 6.79. The van der Waals surface area contributed by atoms with Gasteiger partial charge in [-0.1, -0.05) is 6.07 Å². The highest BCUT2D eigenvalue weighted by Crippen LogP contribution is 2.33. The molecule has 3 nitrogen and oxygen atoms in total. The van der Waals surface area contributed by atoms with E-state index in [0.717, 1.165) is 31.6 Å². The van der Waals surface area contributed by atoms with Crippen LogP contribution in [-0.2, 0) is 6.42 Å². The van der Waals surface area contributed by atoms with Crippen LogP contribution < -0.4 is 4.74 Å². The van der Waals surface area contributed by atoms with E-state index in [0.29, 0.717) is 6.04 Å². The Kier molecular flexibility index (Phi) is 4.02. The minimum Gasteiger partial charge on any atom is -0.497 e. The summed E-state index contributed by atoms with van der Waals surface area (Å²) in [6.45, 7) is 1.35. The number of fused-ring (bicyclic) bond motifs is 1. The molecule has 1 aliphatic heterocycles. The molecule has 1 aromatic carbocycles. The lowest BCUT2D eigenvalue weighted by molar-refractivity contribution is 0.197. The van der Waals surface area contributed by atoms with Crippen LogP contribution in [0.4, 0.5) is 0 Å². The molecule has 0 radical (unpaired) electrons. The van der Waals surface area contributed by atoms with Crippen LogP contribution in [0.2, 0.25) is 0 Å². The number of methoxy groups -OCH3 is 1. The molecule has 0 saturated heterocycles. The van der Waals surface area contributed by atoms with Gasteiger partial charge in [0.25, 0.3) is 0 Å². The Morgan fingerprint density at radius 3 is 3.00 bits per heavy atom. The first kappa shape index (κ1) is 12.4. The minimum absolute atomic E-state index is 0.274. The van der Waals surface area contributed by atoms with Crippen molar-refractivity contribution in [1.82, 2.24) is 4.90 Å². The van der Waals surface area contributed by atoms with E-state index in [-0.39, 0.29) is 6.61 Å². The van der Waals surface area contributed by atoms with E-state index in [9.17, 15) is 0 Å². The molecule has 0 aliphatic carbocycles. The number of hydrogen-bond acceptors (Lipinski definition) is 3. The zero-order valence-corrected chi connectivity index (χ0v) is 10.6. The second kappa shape index (κ2) is 5.52. The Morgan fingerprint density at radius 1 is 1.47 bits per heavy atom. The molecule has 0 spiro atoms. The minimum atomic E-state index is 0.274. The molecule has 1 N–H and O–H groups in total. The molecule has 17 heavy (non-hydrogen) atoms. The highest BCUT2D eigenvalue weighted by molar-refractivity contribution is 5.39. The molecule has 0 aromatic heterocycles. The largest absolute Gasteiger partial charge is 0.497 e. The molecular formula is C14H21NO2. The standard InChI is InChI=1S/C14H21NO2/c1-15-8-7-11-10-12(17-2)5-6-13(11)14(15)4-3-9-16/h5-6,10,14,16H,3-4,7-9H2,1-2H3. The highest BCUT2D eigenvalue weighted by atomic mass is 16.5. The van der Waals surface area contributed by atoms with Gasteiger partial charge in [-0.25, -0.2) is 0 Å². The van der Waals surface area contributed by atoms with Gasteiger partial charge in [-0.3, -0.25) is 4.90 Å². The third-order valence-corrected chi connectivity index (χ3v) is 3.61. The maximum Gasteiger partial charge on any atom is 0.119 e. The molecule has 1 aromatic rings. The predicted octanol–water partition coefficient (Wildman–Crippen LogP) is 2.00. The molecule has 0 amide bonds. The second-order valence-corrected chi connectivity index (χ2v) is 4.68. The number of ether oxygens (including phenoxy) is 1. The van der Waals surface area contributed by atoms with Gasteiger partial charge in [0.15, 0.2) is 0 Å². The highest BCUT2D eigenvalue weighted by Gasteiger charge is 2.24. The van der Waals surface area contributed by atoms with Crippen LogP contribution in [0, 0.1) is 0 Å². The Morgan fingerprint density at radius 2 is 2.29 bits per heavy atom.